The fourth-order valence-corrected chi connectivity index (χ4v) is 0.760. The van der Waals surface area contributed by atoms with Gasteiger partial charge in [0, 0.05) is 19.6 Å². The summed E-state index contributed by atoms with van der Waals surface area (Å²) in [6.45, 7) is 1.75. The molecule has 0 aliphatic heterocycles. The van der Waals surface area contributed by atoms with Gasteiger partial charge >= 0.3 is 0 Å². The lowest BCUT2D eigenvalue weighted by Gasteiger charge is -2.35. The second kappa shape index (κ2) is 12.8. The van der Waals surface area contributed by atoms with Crippen molar-refractivity contribution in [3.8, 4) is 0 Å². The second-order valence-electron chi connectivity index (χ2n) is 2.30. The third kappa shape index (κ3) is 17.8. The highest BCUT2D eigenvalue weighted by molar-refractivity contribution is 6.24. The van der Waals surface area contributed by atoms with E-state index in [1.54, 1.807) is 4.90 Å². The largest absolute Gasteiger partial charge is 0.907 e. The van der Waals surface area contributed by atoms with Gasteiger partial charge in [-0.2, -0.15) is 0 Å². The molecule has 0 spiro atoms. The summed E-state index contributed by atoms with van der Waals surface area (Å²) in [6, 6.07) is 0. The van der Waals surface area contributed by atoms with E-state index in [2.05, 4.69) is 0 Å². The Balaban J connectivity index is 0. The highest BCUT2D eigenvalue weighted by Gasteiger charge is 2.00. The summed E-state index contributed by atoms with van der Waals surface area (Å²) in [7, 11) is -2.92. The fraction of sp³-hybridized carbons (Fsp3) is 1.00. The van der Waals surface area contributed by atoms with Crippen LogP contribution in [0.3, 0.4) is 0 Å². The Kier molecular flexibility index (Phi) is 14.8. The maximum atomic E-state index is 8.48. The molecule has 7 nitrogen and oxygen atoms in total. The number of nitrogens with zero attached hydrogens (tertiary/aromatic N) is 1. The molecule has 8 heteroatoms. The van der Waals surface area contributed by atoms with Crippen molar-refractivity contribution in [2.45, 2.75) is 0 Å². The van der Waals surface area contributed by atoms with E-state index in [0.29, 0.717) is 19.6 Å². The molecule has 0 atom stereocenters. The molecule has 0 aliphatic carbocycles. The van der Waals surface area contributed by atoms with Gasteiger partial charge in [0.05, 0.1) is 19.8 Å². The number of aliphatic hydroxyl groups excluding tert-OH is 3. The van der Waals surface area contributed by atoms with Gasteiger partial charge in [-0.3, -0.25) is 12.2 Å². The first-order valence-electron chi connectivity index (χ1n) is 4.10. The van der Waals surface area contributed by atoms with Crippen LogP contribution < -0.4 is 15.1 Å². The minimum atomic E-state index is -2.92. The van der Waals surface area contributed by atoms with E-state index in [4.69, 9.17) is 30.4 Å². The summed E-state index contributed by atoms with van der Waals surface area (Å²) >= 11 is 0. The van der Waals surface area contributed by atoms with Gasteiger partial charge in [0.25, 0.3) is 0 Å². The molecule has 0 radical (unpaired) electrons. The molecular weight excluding hydrogens is 193 g/mol. The first kappa shape index (κ1) is 16.2. The molecular formula is C6H15BNO6-3. The van der Waals surface area contributed by atoms with Gasteiger partial charge < -0.3 is 30.4 Å². The van der Waals surface area contributed by atoms with Gasteiger partial charge in [-0.05, 0) is 0 Å². The van der Waals surface area contributed by atoms with E-state index in [1.807, 2.05) is 0 Å². The molecule has 3 N–H and O–H groups in total. The fourth-order valence-electron chi connectivity index (χ4n) is 0.760. The Hall–Kier alpha value is -0.215. The Morgan fingerprint density at radius 3 is 1.14 bits per heavy atom. The summed E-state index contributed by atoms with van der Waals surface area (Å²) in [5.74, 6) is 0. The van der Waals surface area contributed by atoms with Crippen LogP contribution in [0.4, 0.5) is 0 Å². The summed E-state index contributed by atoms with van der Waals surface area (Å²) < 4.78 is 0. The molecule has 0 heterocycles. The van der Waals surface area contributed by atoms with Crippen LogP contribution in [-0.4, -0.2) is 67.0 Å². The Morgan fingerprint density at radius 1 is 0.786 bits per heavy atom. The van der Waals surface area contributed by atoms with Gasteiger partial charge in [0.2, 0.25) is 0 Å². The minimum Gasteiger partial charge on any atom is -0.907 e. The molecule has 14 heavy (non-hydrogen) atoms. The van der Waals surface area contributed by atoms with Gasteiger partial charge in [-0.15, -0.1) is 0 Å². The molecule has 0 bridgehead atoms. The molecule has 0 rings (SSSR count). The molecule has 0 fully saturated rings. The number of aliphatic hydroxyl groups is 3. The predicted molar refractivity (Wildman–Crippen MR) is 43.5 cm³/mol. The summed E-state index contributed by atoms with van der Waals surface area (Å²) in [5, 5.41) is 50.7. The van der Waals surface area contributed by atoms with E-state index in [9.17, 15) is 0 Å². The van der Waals surface area contributed by atoms with Crippen LogP contribution in [0.1, 0.15) is 0 Å². The summed E-state index contributed by atoms with van der Waals surface area (Å²) in [6.07, 6.45) is 0. The Bertz CT molecular complexity index is 89.3. The van der Waals surface area contributed by atoms with Crippen molar-refractivity contribution >= 4 is 7.32 Å². The zero-order chi connectivity index (χ0) is 11.4. The summed E-state index contributed by atoms with van der Waals surface area (Å²) in [5.41, 5.74) is 0. The van der Waals surface area contributed by atoms with Gasteiger partial charge in [-0.25, -0.2) is 0 Å². The van der Waals surface area contributed by atoms with Crippen molar-refractivity contribution < 1.29 is 30.4 Å². The van der Waals surface area contributed by atoms with E-state index in [-0.39, 0.29) is 19.8 Å². The van der Waals surface area contributed by atoms with E-state index in [0.717, 1.165) is 0 Å². The van der Waals surface area contributed by atoms with E-state index >= 15 is 0 Å². The van der Waals surface area contributed by atoms with Crippen LogP contribution in [0.5, 0.6) is 0 Å². The standard InChI is InChI=1S/C6H15NO3.BO3/c8-4-1-7(2-5-9)3-6-10;2-1(3)4/h8-10H,1-6H2;/q;-3. The maximum Gasteiger partial charge on any atom is 0.0558 e. The van der Waals surface area contributed by atoms with E-state index in [1.165, 1.54) is 0 Å². The molecule has 0 aromatic carbocycles. The van der Waals surface area contributed by atoms with Gasteiger partial charge in [0.1, 0.15) is 0 Å². The number of rotatable bonds is 6. The third-order valence-electron chi connectivity index (χ3n) is 1.25. The predicted octanol–water partition coefficient (Wildman–Crippen LogP) is -5.68. The second-order valence-corrected chi connectivity index (χ2v) is 2.30. The van der Waals surface area contributed by atoms with Crippen molar-refractivity contribution in [1.29, 1.82) is 0 Å². The maximum absolute atomic E-state index is 8.48. The van der Waals surface area contributed by atoms with Gasteiger partial charge in [-0.1, -0.05) is 0 Å². The molecule has 0 aromatic heterocycles. The van der Waals surface area contributed by atoms with E-state index < -0.39 is 7.32 Å². The topological polar surface area (TPSA) is 133 Å². The minimum absolute atomic E-state index is 0.0694. The van der Waals surface area contributed by atoms with Crippen molar-refractivity contribution in [3.05, 3.63) is 0 Å². The van der Waals surface area contributed by atoms with Crippen LogP contribution >= 0.6 is 0 Å². The zero-order valence-corrected chi connectivity index (χ0v) is 7.83. The monoisotopic (exact) mass is 208 g/mol. The first-order chi connectivity index (χ1) is 6.58. The van der Waals surface area contributed by atoms with Crippen molar-refractivity contribution in [3.63, 3.8) is 0 Å². The number of hydrogen-bond donors (Lipinski definition) is 3. The third-order valence-corrected chi connectivity index (χ3v) is 1.25. The molecule has 86 valence electrons. The molecule has 0 saturated heterocycles. The van der Waals surface area contributed by atoms with Gasteiger partial charge in [0.15, 0.2) is 0 Å². The van der Waals surface area contributed by atoms with Crippen LogP contribution in [0.25, 0.3) is 0 Å². The van der Waals surface area contributed by atoms with Crippen LogP contribution in [0.15, 0.2) is 0 Å². The highest BCUT2D eigenvalue weighted by Crippen LogP contribution is 1.84. The summed E-state index contributed by atoms with van der Waals surface area (Å²) in [4.78, 5) is 1.79. The lowest BCUT2D eigenvalue weighted by atomic mass is 10.3. The quantitative estimate of drug-likeness (QED) is 0.370. The Morgan fingerprint density at radius 2 is 1.00 bits per heavy atom. The van der Waals surface area contributed by atoms with Crippen LogP contribution in [-0.2, 0) is 0 Å². The smallest absolute Gasteiger partial charge is 0.0558 e. The number of hydrogen-bond acceptors (Lipinski definition) is 7. The average Bonchev–Trinajstić information content (AvgIpc) is 2.04. The SMILES string of the molecule is OCCN(CCO)CCO.[O-]B([O-])[O-]. The van der Waals surface area contributed by atoms with Crippen molar-refractivity contribution in [2.75, 3.05) is 39.5 Å². The molecule has 0 unspecified atom stereocenters. The van der Waals surface area contributed by atoms with Crippen LogP contribution in [0.2, 0.25) is 0 Å². The zero-order valence-electron chi connectivity index (χ0n) is 7.83. The lowest BCUT2D eigenvalue weighted by Crippen LogP contribution is -2.56. The van der Waals surface area contributed by atoms with Crippen molar-refractivity contribution in [2.24, 2.45) is 0 Å². The first-order valence-corrected chi connectivity index (χ1v) is 4.10. The van der Waals surface area contributed by atoms with Crippen molar-refractivity contribution in [1.82, 2.24) is 4.90 Å². The molecule has 0 aliphatic rings. The van der Waals surface area contributed by atoms with Crippen LogP contribution in [0, 0.1) is 0 Å². The highest BCUT2D eigenvalue weighted by atomic mass is 16.5. The molecule has 0 amide bonds. The Labute approximate surface area is 83.0 Å². The average molecular weight is 208 g/mol. The molecule has 0 aromatic rings. The normalized spacial score (nSPS) is 9.64. The molecule has 0 saturated carbocycles. The lowest BCUT2D eigenvalue weighted by molar-refractivity contribution is -0.479.